The van der Waals surface area contributed by atoms with Crippen molar-refractivity contribution in [2.24, 2.45) is 0 Å². The monoisotopic (exact) mass is 284 g/mol. The van der Waals surface area contributed by atoms with Gasteiger partial charge in [0.15, 0.2) is 0 Å². The van der Waals surface area contributed by atoms with Crippen LogP contribution in [0.2, 0.25) is 0 Å². The third-order valence-corrected chi connectivity index (χ3v) is 3.23. The van der Waals surface area contributed by atoms with E-state index in [0.29, 0.717) is 13.0 Å². The zero-order chi connectivity index (χ0) is 14.9. The van der Waals surface area contributed by atoms with Crippen LogP contribution in [0.4, 0.5) is 0 Å². The molecular formula is C17H20N2O2. The van der Waals surface area contributed by atoms with Crippen molar-refractivity contribution in [3.8, 4) is 5.75 Å². The fourth-order valence-corrected chi connectivity index (χ4v) is 2.15. The Morgan fingerprint density at radius 2 is 2.10 bits per heavy atom. The predicted molar refractivity (Wildman–Crippen MR) is 82.3 cm³/mol. The third-order valence-electron chi connectivity index (χ3n) is 3.23. The van der Waals surface area contributed by atoms with Crippen LogP contribution in [0.15, 0.2) is 48.8 Å². The lowest BCUT2D eigenvalue weighted by atomic mass is 10.1. The van der Waals surface area contributed by atoms with Gasteiger partial charge in [-0.1, -0.05) is 24.3 Å². The lowest BCUT2D eigenvalue weighted by molar-refractivity contribution is -0.120. The highest BCUT2D eigenvalue weighted by atomic mass is 16.5. The summed E-state index contributed by atoms with van der Waals surface area (Å²) in [5.41, 5.74) is 2.10. The Bertz CT molecular complexity index is 570. The maximum Gasteiger partial charge on any atom is 0.224 e. The van der Waals surface area contributed by atoms with Crippen molar-refractivity contribution in [3.05, 3.63) is 59.9 Å². The Balaban J connectivity index is 1.72. The molecule has 1 aromatic carbocycles. The van der Waals surface area contributed by atoms with Crippen LogP contribution in [0, 0.1) is 0 Å². The first-order valence-corrected chi connectivity index (χ1v) is 7.07. The van der Waals surface area contributed by atoms with E-state index >= 15 is 0 Å². The van der Waals surface area contributed by atoms with E-state index in [2.05, 4.69) is 10.3 Å². The number of pyridine rings is 1. The molecule has 0 aliphatic rings. The highest BCUT2D eigenvalue weighted by Crippen LogP contribution is 2.17. The lowest BCUT2D eigenvalue weighted by Gasteiger charge is -2.08. The van der Waals surface area contributed by atoms with E-state index in [1.54, 1.807) is 13.3 Å². The van der Waals surface area contributed by atoms with Gasteiger partial charge in [-0.05, 0) is 30.5 Å². The number of carbonyl (C=O) groups excluding carboxylic acids is 1. The second-order valence-electron chi connectivity index (χ2n) is 4.80. The summed E-state index contributed by atoms with van der Waals surface area (Å²) in [7, 11) is 1.62. The van der Waals surface area contributed by atoms with Crippen LogP contribution >= 0.6 is 0 Å². The number of hydrogen-bond acceptors (Lipinski definition) is 3. The molecule has 110 valence electrons. The van der Waals surface area contributed by atoms with Crippen molar-refractivity contribution >= 4 is 5.91 Å². The molecule has 0 aliphatic heterocycles. The average Bonchev–Trinajstić information content (AvgIpc) is 2.53. The minimum absolute atomic E-state index is 0.0192. The Labute approximate surface area is 125 Å². The maximum absolute atomic E-state index is 11.9. The third kappa shape index (κ3) is 4.91. The molecule has 0 saturated heterocycles. The first-order valence-electron chi connectivity index (χ1n) is 7.07. The van der Waals surface area contributed by atoms with Gasteiger partial charge in [-0.15, -0.1) is 0 Å². The number of carbonyl (C=O) groups is 1. The van der Waals surface area contributed by atoms with Gasteiger partial charge in [-0.2, -0.15) is 0 Å². The molecule has 21 heavy (non-hydrogen) atoms. The highest BCUT2D eigenvalue weighted by molar-refractivity contribution is 5.79. The molecule has 0 aliphatic carbocycles. The lowest BCUT2D eigenvalue weighted by Crippen LogP contribution is -2.26. The summed E-state index contributed by atoms with van der Waals surface area (Å²) in [4.78, 5) is 16.0. The van der Waals surface area contributed by atoms with Gasteiger partial charge in [0, 0.05) is 24.5 Å². The van der Waals surface area contributed by atoms with Crippen molar-refractivity contribution in [3.63, 3.8) is 0 Å². The molecule has 1 amide bonds. The Hall–Kier alpha value is -2.36. The molecule has 0 radical (unpaired) electrons. The number of aryl methyl sites for hydroxylation is 1. The van der Waals surface area contributed by atoms with Gasteiger partial charge in [0.1, 0.15) is 5.75 Å². The molecule has 4 heteroatoms. The molecule has 2 rings (SSSR count). The van der Waals surface area contributed by atoms with E-state index in [4.69, 9.17) is 4.74 Å². The first kappa shape index (κ1) is 15.0. The number of nitrogens with zero attached hydrogens (tertiary/aromatic N) is 1. The minimum Gasteiger partial charge on any atom is -0.496 e. The van der Waals surface area contributed by atoms with Crippen molar-refractivity contribution in [2.75, 3.05) is 13.7 Å². The zero-order valence-corrected chi connectivity index (χ0v) is 12.2. The second-order valence-corrected chi connectivity index (χ2v) is 4.80. The number of aromatic nitrogens is 1. The molecule has 1 aromatic heterocycles. The van der Waals surface area contributed by atoms with Crippen molar-refractivity contribution in [1.82, 2.24) is 10.3 Å². The molecule has 0 spiro atoms. The van der Waals surface area contributed by atoms with Crippen LogP contribution in [0.3, 0.4) is 0 Å². The molecule has 2 aromatic rings. The van der Waals surface area contributed by atoms with Crippen LogP contribution in [0.1, 0.15) is 17.5 Å². The number of rotatable bonds is 7. The Kier molecular flexibility index (Phi) is 5.76. The summed E-state index contributed by atoms with van der Waals surface area (Å²) in [5.74, 6) is 0.772. The number of nitrogens with one attached hydrogen (secondary N) is 1. The van der Waals surface area contributed by atoms with Gasteiger partial charge < -0.3 is 10.1 Å². The van der Waals surface area contributed by atoms with E-state index < -0.39 is 0 Å². The Morgan fingerprint density at radius 1 is 1.24 bits per heavy atom. The number of amides is 1. The number of methoxy groups -OCH3 is 1. The SMILES string of the molecule is COc1ccccc1CC(=O)NCCCc1cccnc1. The summed E-state index contributed by atoms with van der Waals surface area (Å²) < 4.78 is 5.24. The Morgan fingerprint density at radius 3 is 2.86 bits per heavy atom. The number of hydrogen-bond donors (Lipinski definition) is 1. The molecule has 4 nitrogen and oxygen atoms in total. The minimum atomic E-state index is 0.0192. The molecule has 0 unspecified atom stereocenters. The summed E-state index contributed by atoms with van der Waals surface area (Å²) in [6, 6.07) is 11.6. The second kappa shape index (κ2) is 8.04. The number of benzene rings is 1. The first-order chi connectivity index (χ1) is 10.3. The van der Waals surface area contributed by atoms with Gasteiger partial charge in [0.05, 0.1) is 13.5 Å². The highest BCUT2D eigenvalue weighted by Gasteiger charge is 2.07. The van der Waals surface area contributed by atoms with Gasteiger partial charge in [0.2, 0.25) is 5.91 Å². The maximum atomic E-state index is 11.9. The smallest absolute Gasteiger partial charge is 0.224 e. The quantitative estimate of drug-likeness (QED) is 0.794. The molecular weight excluding hydrogens is 264 g/mol. The van der Waals surface area contributed by atoms with Crippen molar-refractivity contribution < 1.29 is 9.53 Å². The van der Waals surface area contributed by atoms with E-state index in [0.717, 1.165) is 24.2 Å². The molecule has 0 atom stereocenters. The topological polar surface area (TPSA) is 51.2 Å². The van der Waals surface area contributed by atoms with Crippen LogP contribution in [0.5, 0.6) is 5.75 Å². The number of para-hydroxylation sites is 1. The van der Waals surface area contributed by atoms with E-state index in [1.807, 2.05) is 42.6 Å². The van der Waals surface area contributed by atoms with Crippen LogP contribution in [0.25, 0.3) is 0 Å². The van der Waals surface area contributed by atoms with Crippen LogP contribution < -0.4 is 10.1 Å². The van der Waals surface area contributed by atoms with E-state index in [-0.39, 0.29) is 5.91 Å². The van der Waals surface area contributed by atoms with Crippen LogP contribution in [-0.4, -0.2) is 24.5 Å². The molecule has 0 saturated carbocycles. The zero-order valence-electron chi connectivity index (χ0n) is 12.2. The van der Waals surface area contributed by atoms with Crippen molar-refractivity contribution in [1.29, 1.82) is 0 Å². The molecule has 0 fully saturated rings. The molecule has 0 bridgehead atoms. The van der Waals surface area contributed by atoms with Gasteiger partial charge in [-0.3, -0.25) is 9.78 Å². The fourth-order valence-electron chi connectivity index (χ4n) is 2.15. The summed E-state index contributed by atoms with van der Waals surface area (Å²) in [6.45, 7) is 0.670. The predicted octanol–water partition coefficient (Wildman–Crippen LogP) is 2.38. The normalized spacial score (nSPS) is 10.1. The fraction of sp³-hybridized carbons (Fsp3) is 0.294. The summed E-state index contributed by atoms with van der Waals surface area (Å²) in [5, 5.41) is 2.94. The average molecular weight is 284 g/mol. The summed E-state index contributed by atoms with van der Waals surface area (Å²) in [6.07, 6.45) is 5.79. The largest absolute Gasteiger partial charge is 0.496 e. The van der Waals surface area contributed by atoms with E-state index in [1.165, 1.54) is 5.56 Å². The standard InChI is InChI=1S/C17H20N2O2/c1-21-16-9-3-2-8-15(16)12-17(20)19-11-5-7-14-6-4-10-18-13-14/h2-4,6,8-10,13H,5,7,11-12H2,1H3,(H,19,20). The van der Waals surface area contributed by atoms with Gasteiger partial charge in [-0.25, -0.2) is 0 Å². The van der Waals surface area contributed by atoms with Gasteiger partial charge in [0.25, 0.3) is 0 Å². The molecule has 1 N–H and O–H groups in total. The van der Waals surface area contributed by atoms with Gasteiger partial charge >= 0.3 is 0 Å². The van der Waals surface area contributed by atoms with Crippen LogP contribution in [-0.2, 0) is 17.6 Å². The molecule has 1 heterocycles. The van der Waals surface area contributed by atoms with E-state index in [9.17, 15) is 4.79 Å². The number of ether oxygens (including phenoxy) is 1. The van der Waals surface area contributed by atoms with Crippen molar-refractivity contribution in [2.45, 2.75) is 19.3 Å². The summed E-state index contributed by atoms with van der Waals surface area (Å²) >= 11 is 0.